The van der Waals surface area contributed by atoms with Gasteiger partial charge in [0.2, 0.25) is 0 Å². The molecule has 1 aromatic rings. The van der Waals surface area contributed by atoms with Gasteiger partial charge in [-0.3, -0.25) is 4.79 Å². The topological polar surface area (TPSA) is 49.3 Å². The minimum atomic E-state index is -0.749. The summed E-state index contributed by atoms with van der Waals surface area (Å²) in [6.07, 6.45) is 5.93. The van der Waals surface area contributed by atoms with Gasteiger partial charge in [-0.2, -0.15) is 0 Å². The summed E-state index contributed by atoms with van der Waals surface area (Å²) in [4.78, 5) is 11.7. The zero-order valence-corrected chi connectivity index (χ0v) is 11.7. The van der Waals surface area contributed by atoms with Crippen molar-refractivity contribution in [3.8, 4) is 11.8 Å². The Morgan fingerprint density at radius 2 is 1.80 bits per heavy atom. The molecule has 1 aliphatic rings. The van der Waals surface area contributed by atoms with Gasteiger partial charge in [-0.25, -0.2) is 0 Å². The van der Waals surface area contributed by atoms with Crippen LogP contribution >= 0.6 is 0 Å². The molecule has 1 amide bonds. The maximum absolute atomic E-state index is 11.7. The van der Waals surface area contributed by atoms with Crippen LogP contribution in [0.1, 0.15) is 44.1 Å². The summed E-state index contributed by atoms with van der Waals surface area (Å²) in [5, 5.41) is 13.2. The molecule has 0 aromatic heterocycles. The van der Waals surface area contributed by atoms with Crippen molar-refractivity contribution in [2.75, 3.05) is 6.54 Å². The Morgan fingerprint density at radius 3 is 2.45 bits per heavy atom. The van der Waals surface area contributed by atoms with Gasteiger partial charge in [-0.05, 0) is 25.0 Å². The van der Waals surface area contributed by atoms with E-state index in [4.69, 9.17) is 0 Å². The van der Waals surface area contributed by atoms with E-state index in [-0.39, 0.29) is 5.91 Å². The van der Waals surface area contributed by atoms with Gasteiger partial charge in [0.15, 0.2) is 0 Å². The molecule has 0 heterocycles. The molecule has 3 heteroatoms. The Hall–Kier alpha value is -1.79. The standard InChI is InChI=1S/C17H21NO2/c19-16(11-10-15-8-4-3-5-9-15)18-14-17(20)12-6-1-2-7-13-17/h3-5,8-9,20H,1-2,6-7,12-14H2,(H,18,19). The predicted molar refractivity (Wildman–Crippen MR) is 79.0 cm³/mol. The lowest BCUT2D eigenvalue weighted by Crippen LogP contribution is -2.42. The van der Waals surface area contributed by atoms with Crippen molar-refractivity contribution in [3.63, 3.8) is 0 Å². The molecule has 0 spiro atoms. The van der Waals surface area contributed by atoms with Gasteiger partial charge >= 0.3 is 0 Å². The van der Waals surface area contributed by atoms with E-state index in [9.17, 15) is 9.90 Å². The van der Waals surface area contributed by atoms with Gasteiger partial charge in [-0.1, -0.05) is 49.8 Å². The SMILES string of the molecule is O=C(C#Cc1ccccc1)NCC1(O)CCCCCC1. The first-order valence-corrected chi connectivity index (χ1v) is 7.25. The lowest BCUT2D eigenvalue weighted by molar-refractivity contribution is -0.117. The molecule has 1 saturated carbocycles. The molecular weight excluding hydrogens is 250 g/mol. The number of hydrogen-bond donors (Lipinski definition) is 2. The summed E-state index contributed by atoms with van der Waals surface area (Å²) >= 11 is 0. The normalized spacial score (nSPS) is 17.4. The molecule has 20 heavy (non-hydrogen) atoms. The second kappa shape index (κ2) is 7.12. The van der Waals surface area contributed by atoms with Crippen molar-refractivity contribution >= 4 is 5.91 Å². The van der Waals surface area contributed by atoms with Gasteiger partial charge in [0, 0.05) is 18.0 Å². The number of amides is 1. The van der Waals surface area contributed by atoms with E-state index in [2.05, 4.69) is 17.2 Å². The number of benzene rings is 1. The van der Waals surface area contributed by atoms with Crippen molar-refractivity contribution in [3.05, 3.63) is 35.9 Å². The van der Waals surface area contributed by atoms with Crippen LogP contribution in [-0.2, 0) is 4.79 Å². The monoisotopic (exact) mass is 271 g/mol. The molecule has 2 N–H and O–H groups in total. The van der Waals surface area contributed by atoms with Crippen molar-refractivity contribution in [2.24, 2.45) is 0 Å². The highest BCUT2D eigenvalue weighted by atomic mass is 16.3. The lowest BCUT2D eigenvalue weighted by atomic mass is 9.94. The van der Waals surface area contributed by atoms with Gasteiger partial charge in [0.05, 0.1) is 5.60 Å². The van der Waals surface area contributed by atoms with Crippen LogP contribution in [0.25, 0.3) is 0 Å². The molecule has 1 aliphatic carbocycles. The second-order valence-electron chi connectivity index (χ2n) is 5.44. The largest absolute Gasteiger partial charge is 0.388 e. The molecule has 1 aromatic carbocycles. The van der Waals surface area contributed by atoms with Crippen molar-refractivity contribution in [1.82, 2.24) is 5.32 Å². The number of rotatable bonds is 2. The van der Waals surface area contributed by atoms with Crippen LogP contribution in [-0.4, -0.2) is 23.2 Å². The number of nitrogens with one attached hydrogen (secondary N) is 1. The molecule has 0 radical (unpaired) electrons. The molecule has 0 aliphatic heterocycles. The molecule has 0 unspecified atom stereocenters. The van der Waals surface area contributed by atoms with E-state index >= 15 is 0 Å². The summed E-state index contributed by atoms with van der Waals surface area (Å²) < 4.78 is 0. The molecule has 1 fully saturated rings. The third-order valence-corrected chi connectivity index (χ3v) is 3.71. The Bertz CT molecular complexity index is 491. The minimum absolute atomic E-state index is 0.301. The van der Waals surface area contributed by atoms with Crippen molar-refractivity contribution in [1.29, 1.82) is 0 Å². The Balaban J connectivity index is 1.84. The first-order chi connectivity index (χ1) is 9.68. The number of carbonyl (C=O) groups is 1. The minimum Gasteiger partial charge on any atom is -0.388 e. The van der Waals surface area contributed by atoms with Gasteiger partial charge in [0.25, 0.3) is 5.91 Å². The summed E-state index contributed by atoms with van der Waals surface area (Å²) in [5.41, 5.74) is 0.0662. The van der Waals surface area contributed by atoms with E-state index in [1.807, 2.05) is 30.3 Å². The van der Waals surface area contributed by atoms with Crippen LogP contribution in [0.4, 0.5) is 0 Å². The lowest BCUT2D eigenvalue weighted by Gasteiger charge is -2.26. The maximum Gasteiger partial charge on any atom is 0.296 e. The number of hydrogen-bond acceptors (Lipinski definition) is 2. The zero-order valence-electron chi connectivity index (χ0n) is 11.7. The third kappa shape index (κ3) is 4.71. The van der Waals surface area contributed by atoms with E-state index in [0.29, 0.717) is 6.54 Å². The van der Waals surface area contributed by atoms with Crippen LogP contribution in [0, 0.1) is 11.8 Å². The molecule has 0 bridgehead atoms. The fourth-order valence-electron chi connectivity index (χ4n) is 2.50. The van der Waals surface area contributed by atoms with Crippen molar-refractivity contribution in [2.45, 2.75) is 44.1 Å². The Kier molecular flexibility index (Phi) is 5.20. The molecule has 2 rings (SSSR count). The molecular formula is C17H21NO2. The Labute approximate surface area is 120 Å². The van der Waals surface area contributed by atoms with E-state index < -0.39 is 5.60 Å². The van der Waals surface area contributed by atoms with Gasteiger partial charge in [-0.15, -0.1) is 0 Å². The smallest absolute Gasteiger partial charge is 0.296 e. The van der Waals surface area contributed by atoms with E-state index in [1.54, 1.807) is 0 Å². The summed E-state index contributed by atoms with van der Waals surface area (Å²) in [7, 11) is 0. The quantitative estimate of drug-likeness (QED) is 0.640. The van der Waals surface area contributed by atoms with Gasteiger partial charge in [0.1, 0.15) is 0 Å². The van der Waals surface area contributed by atoms with Crippen LogP contribution in [0.3, 0.4) is 0 Å². The fraction of sp³-hybridized carbons (Fsp3) is 0.471. The summed E-state index contributed by atoms with van der Waals surface area (Å²) in [5.74, 6) is 5.05. The fourth-order valence-corrected chi connectivity index (χ4v) is 2.50. The average molecular weight is 271 g/mol. The summed E-state index contributed by atoms with van der Waals surface area (Å²) in [6.45, 7) is 0.301. The van der Waals surface area contributed by atoms with E-state index in [1.165, 1.54) is 12.8 Å². The maximum atomic E-state index is 11.7. The highest BCUT2D eigenvalue weighted by molar-refractivity contribution is 5.94. The van der Waals surface area contributed by atoms with Crippen LogP contribution < -0.4 is 5.32 Å². The number of aliphatic hydroxyl groups is 1. The molecule has 106 valence electrons. The second-order valence-corrected chi connectivity index (χ2v) is 5.44. The van der Waals surface area contributed by atoms with Crippen LogP contribution in [0.15, 0.2) is 30.3 Å². The average Bonchev–Trinajstić information content (AvgIpc) is 2.69. The van der Waals surface area contributed by atoms with Crippen LogP contribution in [0.5, 0.6) is 0 Å². The van der Waals surface area contributed by atoms with E-state index in [0.717, 1.165) is 31.2 Å². The Morgan fingerprint density at radius 1 is 1.15 bits per heavy atom. The molecule has 3 nitrogen and oxygen atoms in total. The first-order valence-electron chi connectivity index (χ1n) is 7.25. The zero-order chi connectivity index (χ0) is 14.3. The molecule has 0 saturated heterocycles. The van der Waals surface area contributed by atoms with Crippen LogP contribution in [0.2, 0.25) is 0 Å². The first kappa shape index (κ1) is 14.6. The molecule has 0 atom stereocenters. The van der Waals surface area contributed by atoms with Crippen molar-refractivity contribution < 1.29 is 9.90 Å². The third-order valence-electron chi connectivity index (χ3n) is 3.71. The predicted octanol–water partition coefficient (Wildman–Crippen LogP) is 2.24. The van der Waals surface area contributed by atoms with Gasteiger partial charge < -0.3 is 10.4 Å². The summed E-state index contributed by atoms with van der Waals surface area (Å²) in [6, 6.07) is 9.40. The number of carbonyl (C=O) groups excluding carboxylic acids is 1. The highest BCUT2D eigenvalue weighted by Gasteiger charge is 2.27. The highest BCUT2D eigenvalue weighted by Crippen LogP contribution is 2.26.